The zero-order valence-corrected chi connectivity index (χ0v) is 9.65. The molecule has 2 atom stereocenters. The summed E-state index contributed by atoms with van der Waals surface area (Å²) in [5.74, 6) is -1.68. The molecule has 0 aromatic carbocycles. The Balaban J connectivity index is 2.39. The molecule has 0 saturated carbocycles. The van der Waals surface area contributed by atoms with E-state index in [4.69, 9.17) is 0 Å². The fourth-order valence-electron chi connectivity index (χ4n) is 2.16. The van der Waals surface area contributed by atoms with Gasteiger partial charge in [-0.05, 0) is 17.2 Å². The molecule has 0 bridgehead atoms. The van der Waals surface area contributed by atoms with E-state index in [1.165, 1.54) is 18.2 Å². The van der Waals surface area contributed by atoms with Crippen molar-refractivity contribution in [3.05, 3.63) is 46.9 Å². The van der Waals surface area contributed by atoms with Crippen LogP contribution >= 0.6 is 0 Å². The molecule has 0 spiro atoms. The first-order valence-electron chi connectivity index (χ1n) is 5.63. The minimum Gasteiger partial charge on any atom is -0.242 e. The topological polar surface area (TPSA) is 0 Å². The minimum atomic E-state index is -5.05. The van der Waals surface area contributed by atoms with E-state index < -0.39 is 36.3 Å². The molecule has 2 aliphatic rings. The maximum atomic E-state index is 13.6. The van der Waals surface area contributed by atoms with Crippen LogP contribution in [0.1, 0.15) is 12.8 Å². The summed E-state index contributed by atoms with van der Waals surface area (Å²) in [4.78, 5) is 0. The maximum Gasteiger partial charge on any atom is 0.418 e. The van der Waals surface area contributed by atoms with Crippen LogP contribution < -0.4 is 0 Å². The van der Waals surface area contributed by atoms with E-state index in [9.17, 15) is 26.3 Å². The molecule has 2 unspecified atom stereocenters. The van der Waals surface area contributed by atoms with E-state index in [2.05, 4.69) is 0 Å². The Kier molecular flexibility index (Phi) is 3.60. The molecule has 0 saturated heterocycles. The van der Waals surface area contributed by atoms with Gasteiger partial charge in [-0.3, -0.25) is 0 Å². The maximum absolute atomic E-state index is 13.6. The van der Waals surface area contributed by atoms with Gasteiger partial charge in [-0.2, -0.15) is 13.2 Å². The largest absolute Gasteiger partial charge is 0.418 e. The van der Waals surface area contributed by atoms with Crippen LogP contribution in [-0.4, -0.2) is 18.5 Å². The molecule has 6 heteroatoms. The third-order valence-electron chi connectivity index (χ3n) is 3.04. The third kappa shape index (κ3) is 2.77. The number of allylic oxidation sites excluding steroid dienone is 8. The highest BCUT2D eigenvalue weighted by molar-refractivity contribution is 5.47. The van der Waals surface area contributed by atoms with Gasteiger partial charge in [-0.25, -0.2) is 13.2 Å². The molecule has 2 rings (SSSR count). The second kappa shape index (κ2) is 4.90. The van der Waals surface area contributed by atoms with Gasteiger partial charge < -0.3 is 0 Å². The molecular weight excluding hydrogens is 270 g/mol. The van der Waals surface area contributed by atoms with Gasteiger partial charge in [0, 0.05) is 12.8 Å². The van der Waals surface area contributed by atoms with Crippen LogP contribution in [0.15, 0.2) is 46.9 Å². The lowest BCUT2D eigenvalue weighted by Crippen LogP contribution is -2.26. The Bertz CT molecular complexity index is 492. The highest BCUT2D eigenvalue weighted by Crippen LogP contribution is 2.41. The fraction of sp³-hybridized carbons (Fsp3) is 0.385. The Morgan fingerprint density at radius 3 is 2.32 bits per heavy atom. The molecule has 0 nitrogen and oxygen atoms in total. The molecule has 19 heavy (non-hydrogen) atoms. The average Bonchev–Trinajstić information content (AvgIpc) is 2.26. The monoisotopic (exact) mass is 280 g/mol. The van der Waals surface area contributed by atoms with E-state index in [1.807, 2.05) is 0 Å². The summed E-state index contributed by atoms with van der Waals surface area (Å²) in [7, 11) is 0. The normalized spacial score (nSPS) is 28.3. The van der Waals surface area contributed by atoms with Crippen molar-refractivity contribution in [3.63, 3.8) is 0 Å². The summed E-state index contributed by atoms with van der Waals surface area (Å²) in [5.41, 5.74) is -1.84. The first-order chi connectivity index (χ1) is 8.80. The molecule has 0 aromatic rings. The zero-order valence-electron chi connectivity index (χ0n) is 9.65. The Morgan fingerprint density at radius 1 is 1.11 bits per heavy atom. The highest BCUT2D eigenvalue weighted by Gasteiger charge is 2.44. The van der Waals surface area contributed by atoms with Crippen molar-refractivity contribution in [2.24, 2.45) is 0 Å². The first-order valence-corrected chi connectivity index (χ1v) is 5.63. The van der Waals surface area contributed by atoms with E-state index >= 15 is 0 Å². The summed E-state index contributed by atoms with van der Waals surface area (Å²) in [6.45, 7) is 0. The van der Waals surface area contributed by atoms with Crippen molar-refractivity contribution in [1.29, 1.82) is 0 Å². The summed E-state index contributed by atoms with van der Waals surface area (Å²) in [5, 5.41) is 0. The molecular formula is C13H10F6. The Hall–Kier alpha value is -1.46. The Morgan fingerprint density at radius 2 is 1.79 bits per heavy atom. The van der Waals surface area contributed by atoms with Crippen LogP contribution in [0, 0.1) is 0 Å². The van der Waals surface area contributed by atoms with Gasteiger partial charge >= 0.3 is 6.18 Å². The van der Waals surface area contributed by atoms with Crippen molar-refractivity contribution >= 4 is 0 Å². The van der Waals surface area contributed by atoms with Gasteiger partial charge in [0.15, 0.2) is 0 Å². The van der Waals surface area contributed by atoms with Crippen LogP contribution in [0.5, 0.6) is 0 Å². The van der Waals surface area contributed by atoms with Crippen molar-refractivity contribution in [2.75, 3.05) is 0 Å². The molecule has 0 amide bonds. The highest BCUT2D eigenvalue weighted by atomic mass is 19.4. The van der Waals surface area contributed by atoms with Gasteiger partial charge in [0.2, 0.25) is 0 Å². The molecule has 0 aliphatic heterocycles. The van der Waals surface area contributed by atoms with Gasteiger partial charge in [-0.1, -0.05) is 18.2 Å². The van der Waals surface area contributed by atoms with Gasteiger partial charge in [0.05, 0.1) is 0 Å². The predicted molar refractivity (Wildman–Crippen MR) is 58.5 cm³/mol. The smallest absolute Gasteiger partial charge is 0.242 e. The second-order valence-corrected chi connectivity index (χ2v) is 4.35. The van der Waals surface area contributed by atoms with Crippen molar-refractivity contribution in [1.82, 2.24) is 0 Å². The van der Waals surface area contributed by atoms with Crippen LogP contribution in [0.2, 0.25) is 0 Å². The van der Waals surface area contributed by atoms with E-state index in [-0.39, 0.29) is 17.6 Å². The third-order valence-corrected chi connectivity index (χ3v) is 3.04. The SMILES string of the molecule is FC1=C(C(F)(F)F)C(F)CC(C2=CC=CCC2F)=C1. The number of alkyl halides is 5. The number of hydrogen-bond donors (Lipinski definition) is 0. The van der Waals surface area contributed by atoms with Crippen molar-refractivity contribution in [2.45, 2.75) is 31.4 Å². The molecule has 0 aromatic heterocycles. The molecule has 104 valence electrons. The number of hydrogen-bond acceptors (Lipinski definition) is 0. The van der Waals surface area contributed by atoms with Crippen molar-refractivity contribution < 1.29 is 26.3 Å². The van der Waals surface area contributed by atoms with Crippen LogP contribution in [0.25, 0.3) is 0 Å². The quantitative estimate of drug-likeness (QED) is 0.612. The van der Waals surface area contributed by atoms with Gasteiger partial charge in [0.25, 0.3) is 0 Å². The minimum absolute atomic E-state index is 0.0431. The lowest BCUT2D eigenvalue weighted by molar-refractivity contribution is -0.102. The molecule has 0 heterocycles. The Labute approximate surface area is 105 Å². The molecule has 0 N–H and O–H groups in total. The zero-order chi connectivity index (χ0) is 14.2. The summed E-state index contributed by atoms with van der Waals surface area (Å²) >= 11 is 0. The summed E-state index contributed by atoms with van der Waals surface area (Å²) in [6.07, 6.45) is -4.64. The van der Waals surface area contributed by atoms with Gasteiger partial charge in [0.1, 0.15) is 23.7 Å². The standard InChI is InChI=1S/C13H10F6/c14-9-4-2-1-3-8(9)7-5-10(15)12(11(16)6-7)13(17,18)19/h1-3,5,9,11H,4,6H2. The summed E-state index contributed by atoms with van der Waals surface area (Å²) < 4.78 is 77.7. The fourth-order valence-corrected chi connectivity index (χ4v) is 2.16. The average molecular weight is 280 g/mol. The molecule has 2 aliphatic carbocycles. The van der Waals surface area contributed by atoms with Crippen LogP contribution in [0.4, 0.5) is 26.3 Å². The predicted octanol–water partition coefficient (Wildman–Crippen LogP) is 4.66. The van der Waals surface area contributed by atoms with E-state index in [0.29, 0.717) is 6.08 Å². The van der Waals surface area contributed by atoms with Gasteiger partial charge in [-0.15, -0.1) is 0 Å². The number of rotatable bonds is 1. The lowest BCUT2D eigenvalue weighted by atomic mass is 9.86. The van der Waals surface area contributed by atoms with E-state index in [1.54, 1.807) is 0 Å². The second-order valence-electron chi connectivity index (χ2n) is 4.35. The summed E-state index contributed by atoms with van der Waals surface area (Å²) in [6, 6.07) is 0. The molecule has 0 fully saturated rings. The van der Waals surface area contributed by atoms with Crippen LogP contribution in [-0.2, 0) is 0 Å². The number of halogens is 6. The lowest BCUT2D eigenvalue weighted by Gasteiger charge is -2.25. The first kappa shape index (κ1) is 14.0. The van der Waals surface area contributed by atoms with Crippen molar-refractivity contribution in [3.8, 4) is 0 Å². The van der Waals surface area contributed by atoms with Crippen LogP contribution in [0.3, 0.4) is 0 Å². The molecule has 0 radical (unpaired) electrons. The van der Waals surface area contributed by atoms with E-state index in [0.717, 1.165) is 0 Å².